The maximum absolute atomic E-state index is 12.9. The fourth-order valence-corrected chi connectivity index (χ4v) is 3.24. The molecule has 1 unspecified atom stereocenters. The molecule has 6 nitrogen and oxygen atoms in total. The van der Waals surface area contributed by atoms with Gasteiger partial charge in [-0.3, -0.25) is 4.79 Å². The van der Waals surface area contributed by atoms with E-state index in [9.17, 15) is 9.90 Å². The fraction of sp³-hybridized carbons (Fsp3) is 0.273. The van der Waals surface area contributed by atoms with Crippen molar-refractivity contribution in [3.8, 4) is 11.4 Å². The number of nitrogens with zero attached hydrogens (tertiary/aromatic N) is 2. The van der Waals surface area contributed by atoms with E-state index in [2.05, 4.69) is 10.4 Å². The van der Waals surface area contributed by atoms with Crippen LogP contribution in [0.5, 0.6) is 5.75 Å². The molecule has 28 heavy (non-hydrogen) atoms. The lowest BCUT2D eigenvalue weighted by atomic mass is 10.1. The number of ether oxygens (including phenoxy) is 1. The van der Waals surface area contributed by atoms with Gasteiger partial charge in [0.05, 0.1) is 24.6 Å². The Morgan fingerprint density at radius 1 is 1.21 bits per heavy atom. The highest BCUT2D eigenvalue weighted by Crippen LogP contribution is 2.39. The van der Waals surface area contributed by atoms with Gasteiger partial charge in [0.2, 0.25) is 0 Å². The number of amides is 1. The zero-order valence-electron chi connectivity index (χ0n) is 15.7. The molecule has 6 heteroatoms. The SMILES string of the molecule is COc1ccccc1C(O)CNC(=O)c1cc(C2CC2)nn1-c1ccccc1. The number of carbonyl (C=O) groups is 1. The summed E-state index contributed by atoms with van der Waals surface area (Å²) in [5.74, 6) is 0.766. The molecule has 0 aliphatic heterocycles. The fourth-order valence-electron chi connectivity index (χ4n) is 3.24. The van der Waals surface area contributed by atoms with Crippen molar-refractivity contribution in [2.24, 2.45) is 0 Å². The third kappa shape index (κ3) is 3.77. The van der Waals surface area contributed by atoms with E-state index < -0.39 is 6.10 Å². The van der Waals surface area contributed by atoms with Gasteiger partial charge >= 0.3 is 0 Å². The molecule has 4 rings (SSSR count). The average Bonchev–Trinajstić information content (AvgIpc) is 3.50. The van der Waals surface area contributed by atoms with E-state index in [-0.39, 0.29) is 12.5 Å². The number of hydrogen-bond donors (Lipinski definition) is 2. The highest BCUT2D eigenvalue weighted by Gasteiger charge is 2.29. The molecule has 1 heterocycles. The zero-order chi connectivity index (χ0) is 19.5. The number of methoxy groups -OCH3 is 1. The molecular formula is C22H23N3O3. The van der Waals surface area contributed by atoms with E-state index in [4.69, 9.17) is 4.74 Å². The van der Waals surface area contributed by atoms with Gasteiger partial charge in [-0.15, -0.1) is 0 Å². The molecule has 2 aromatic carbocycles. The van der Waals surface area contributed by atoms with Gasteiger partial charge in [0.15, 0.2) is 0 Å². The molecule has 0 bridgehead atoms. The molecule has 1 fully saturated rings. The second-order valence-corrected chi connectivity index (χ2v) is 6.94. The second-order valence-electron chi connectivity index (χ2n) is 6.94. The molecule has 1 aromatic heterocycles. The maximum Gasteiger partial charge on any atom is 0.270 e. The van der Waals surface area contributed by atoms with Gasteiger partial charge in [0, 0.05) is 18.0 Å². The number of aliphatic hydroxyl groups is 1. The van der Waals surface area contributed by atoms with Crippen LogP contribution < -0.4 is 10.1 Å². The average molecular weight is 377 g/mol. The first kappa shape index (κ1) is 18.3. The van der Waals surface area contributed by atoms with Crippen LogP contribution in [0.1, 0.15) is 46.6 Å². The van der Waals surface area contributed by atoms with Crippen molar-refractivity contribution in [2.75, 3.05) is 13.7 Å². The molecule has 3 aromatic rings. The minimum atomic E-state index is -0.865. The Balaban J connectivity index is 1.53. The molecule has 1 amide bonds. The van der Waals surface area contributed by atoms with E-state index in [1.807, 2.05) is 48.5 Å². The van der Waals surface area contributed by atoms with Gasteiger partial charge in [-0.1, -0.05) is 36.4 Å². The molecule has 1 aliphatic rings. The van der Waals surface area contributed by atoms with Crippen LogP contribution in [0.2, 0.25) is 0 Å². The minimum Gasteiger partial charge on any atom is -0.496 e. The van der Waals surface area contributed by atoms with Gasteiger partial charge in [0.25, 0.3) is 5.91 Å². The molecular weight excluding hydrogens is 354 g/mol. The van der Waals surface area contributed by atoms with E-state index in [0.717, 1.165) is 24.2 Å². The smallest absolute Gasteiger partial charge is 0.270 e. The lowest BCUT2D eigenvalue weighted by Crippen LogP contribution is -2.30. The first-order valence-corrected chi connectivity index (χ1v) is 9.42. The number of rotatable bonds is 7. The van der Waals surface area contributed by atoms with Crippen molar-refractivity contribution >= 4 is 5.91 Å². The van der Waals surface area contributed by atoms with Crippen molar-refractivity contribution in [3.63, 3.8) is 0 Å². The van der Waals surface area contributed by atoms with Gasteiger partial charge in [-0.2, -0.15) is 5.10 Å². The second kappa shape index (κ2) is 7.86. The Bertz CT molecular complexity index is 964. The number of benzene rings is 2. The Morgan fingerprint density at radius 3 is 2.64 bits per heavy atom. The summed E-state index contributed by atoms with van der Waals surface area (Å²) in [5.41, 5.74) is 2.89. The highest BCUT2D eigenvalue weighted by atomic mass is 16.5. The molecule has 1 atom stereocenters. The molecule has 144 valence electrons. The van der Waals surface area contributed by atoms with Crippen molar-refractivity contribution in [1.82, 2.24) is 15.1 Å². The van der Waals surface area contributed by atoms with E-state index in [1.54, 1.807) is 23.9 Å². The van der Waals surface area contributed by atoms with Gasteiger partial charge in [-0.25, -0.2) is 4.68 Å². The maximum atomic E-state index is 12.9. The summed E-state index contributed by atoms with van der Waals surface area (Å²) in [4.78, 5) is 12.9. The quantitative estimate of drug-likeness (QED) is 0.663. The topological polar surface area (TPSA) is 76.4 Å². The number of aromatic nitrogens is 2. The number of hydrogen-bond acceptors (Lipinski definition) is 4. The Morgan fingerprint density at radius 2 is 1.93 bits per heavy atom. The van der Waals surface area contributed by atoms with Crippen LogP contribution in [-0.2, 0) is 0 Å². The molecule has 0 radical (unpaired) electrons. The molecule has 0 spiro atoms. The van der Waals surface area contributed by atoms with Crippen LogP contribution in [0.25, 0.3) is 5.69 Å². The van der Waals surface area contributed by atoms with Gasteiger partial charge in [0.1, 0.15) is 11.4 Å². The summed E-state index contributed by atoms with van der Waals surface area (Å²) < 4.78 is 6.96. The van der Waals surface area contributed by atoms with Crippen LogP contribution in [0.4, 0.5) is 0 Å². The Kier molecular flexibility index (Phi) is 5.12. The van der Waals surface area contributed by atoms with Crippen molar-refractivity contribution in [1.29, 1.82) is 0 Å². The largest absolute Gasteiger partial charge is 0.496 e. The minimum absolute atomic E-state index is 0.0813. The monoisotopic (exact) mass is 377 g/mol. The van der Waals surface area contributed by atoms with Crippen LogP contribution in [-0.4, -0.2) is 34.4 Å². The lowest BCUT2D eigenvalue weighted by Gasteiger charge is -2.15. The van der Waals surface area contributed by atoms with Gasteiger partial charge in [-0.05, 0) is 37.1 Å². The molecule has 2 N–H and O–H groups in total. The predicted octanol–water partition coefficient (Wildman–Crippen LogP) is 3.22. The number of aliphatic hydroxyl groups excluding tert-OH is 1. The summed E-state index contributed by atoms with van der Waals surface area (Å²) in [6, 6.07) is 18.7. The van der Waals surface area contributed by atoms with Crippen LogP contribution in [0.3, 0.4) is 0 Å². The van der Waals surface area contributed by atoms with Crippen molar-refractivity contribution in [3.05, 3.63) is 77.6 Å². The van der Waals surface area contributed by atoms with Crippen LogP contribution >= 0.6 is 0 Å². The number of carbonyl (C=O) groups excluding carboxylic acids is 1. The van der Waals surface area contributed by atoms with E-state index >= 15 is 0 Å². The molecule has 1 aliphatic carbocycles. The summed E-state index contributed by atoms with van der Waals surface area (Å²) in [7, 11) is 1.56. The Hall–Kier alpha value is -3.12. The summed E-state index contributed by atoms with van der Waals surface area (Å²) in [5, 5.41) is 18.0. The van der Waals surface area contributed by atoms with Crippen LogP contribution in [0.15, 0.2) is 60.7 Å². The highest BCUT2D eigenvalue weighted by molar-refractivity contribution is 5.93. The summed E-state index contributed by atoms with van der Waals surface area (Å²) in [6.07, 6.45) is 1.36. The van der Waals surface area contributed by atoms with Crippen molar-refractivity contribution < 1.29 is 14.6 Å². The first-order valence-electron chi connectivity index (χ1n) is 9.42. The summed E-state index contributed by atoms with van der Waals surface area (Å²) >= 11 is 0. The predicted molar refractivity (Wildman–Crippen MR) is 106 cm³/mol. The number of para-hydroxylation sites is 2. The third-order valence-corrected chi connectivity index (χ3v) is 4.91. The Labute approximate surface area is 163 Å². The normalized spacial score (nSPS) is 14.5. The lowest BCUT2D eigenvalue weighted by molar-refractivity contribution is 0.0907. The first-order chi connectivity index (χ1) is 13.7. The van der Waals surface area contributed by atoms with E-state index in [1.165, 1.54) is 0 Å². The third-order valence-electron chi connectivity index (χ3n) is 4.91. The number of nitrogens with one attached hydrogen (secondary N) is 1. The summed E-state index contributed by atoms with van der Waals surface area (Å²) in [6.45, 7) is 0.0813. The molecule has 0 saturated heterocycles. The van der Waals surface area contributed by atoms with E-state index in [0.29, 0.717) is 22.9 Å². The van der Waals surface area contributed by atoms with Crippen molar-refractivity contribution in [2.45, 2.75) is 24.9 Å². The standard InChI is InChI=1S/C22H23N3O3/c1-28-21-10-6-5-9-17(21)20(26)14-23-22(27)19-13-18(15-11-12-15)24-25(19)16-7-3-2-4-8-16/h2-10,13,15,20,26H,11-12,14H2,1H3,(H,23,27). The molecule has 1 saturated carbocycles. The van der Waals surface area contributed by atoms with Crippen LogP contribution in [0, 0.1) is 0 Å². The van der Waals surface area contributed by atoms with Gasteiger partial charge < -0.3 is 15.2 Å². The zero-order valence-corrected chi connectivity index (χ0v) is 15.7.